The number of nitrogens with one attached hydrogen (secondary N) is 2. The van der Waals surface area contributed by atoms with Crippen molar-refractivity contribution in [1.29, 1.82) is 5.26 Å². The Morgan fingerprint density at radius 3 is 2.33 bits per heavy atom. The lowest BCUT2D eigenvalue weighted by Gasteiger charge is -2.18. The van der Waals surface area contributed by atoms with Crippen LogP contribution in [0.5, 0.6) is 0 Å². The fourth-order valence-electron chi connectivity index (χ4n) is 2.51. The Hall–Kier alpha value is -2.89. The van der Waals surface area contributed by atoms with Crippen molar-refractivity contribution < 1.29 is 13.2 Å². The van der Waals surface area contributed by atoms with E-state index in [4.69, 9.17) is 5.26 Å². The van der Waals surface area contributed by atoms with Gasteiger partial charge in [0.15, 0.2) is 0 Å². The van der Waals surface area contributed by atoms with Gasteiger partial charge >= 0.3 is 0 Å². The molecular weight excluding hydrogens is 364 g/mol. The first kappa shape index (κ1) is 20.4. The molecule has 0 bridgehead atoms. The third kappa shape index (κ3) is 5.29. The standard InChI is InChI=1S/C19H22N4O3S/c1-3-23(4-2)27(25,26)18-10-8-16(9-11-18)21-14-19(24)22-17-7-5-6-15(12-17)13-20/h5-12,21H,3-4,14H2,1-2H3,(H,22,24). The van der Waals surface area contributed by atoms with E-state index in [-0.39, 0.29) is 17.3 Å². The number of hydrogen-bond donors (Lipinski definition) is 2. The normalized spacial score (nSPS) is 11.0. The molecule has 2 rings (SSSR count). The van der Waals surface area contributed by atoms with Gasteiger partial charge in [0.05, 0.1) is 23.1 Å². The van der Waals surface area contributed by atoms with Crippen molar-refractivity contribution in [3.63, 3.8) is 0 Å². The predicted octanol–water partition coefficient (Wildman–Crippen LogP) is 2.64. The summed E-state index contributed by atoms with van der Waals surface area (Å²) in [7, 11) is -3.50. The van der Waals surface area contributed by atoms with Gasteiger partial charge in [-0.3, -0.25) is 4.79 Å². The largest absolute Gasteiger partial charge is 0.376 e. The number of carbonyl (C=O) groups excluding carboxylic acids is 1. The van der Waals surface area contributed by atoms with Crippen molar-refractivity contribution in [2.75, 3.05) is 30.3 Å². The second-order valence-electron chi connectivity index (χ2n) is 5.71. The molecule has 0 aliphatic rings. The van der Waals surface area contributed by atoms with Gasteiger partial charge in [-0.25, -0.2) is 8.42 Å². The SMILES string of the molecule is CCN(CC)S(=O)(=O)c1ccc(NCC(=O)Nc2cccc(C#N)c2)cc1. The number of sulfonamides is 1. The Kier molecular flexibility index (Phi) is 6.93. The van der Waals surface area contributed by atoms with Crippen LogP contribution >= 0.6 is 0 Å². The van der Waals surface area contributed by atoms with Crippen molar-refractivity contribution in [3.05, 3.63) is 54.1 Å². The summed E-state index contributed by atoms with van der Waals surface area (Å²) in [5, 5.41) is 14.5. The number of hydrogen-bond acceptors (Lipinski definition) is 5. The Balaban J connectivity index is 1.96. The molecule has 1 amide bonds. The van der Waals surface area contributed by atoms with Crippen LogP contribution in [-0.4, -0.2) is 38.3 Å². The van der Waals surface area contributed by atoms with Crippen LogP contribution in [0.3, 0.4) is 0 Å². The van der Waals surface area contributed by atoms with E-state index in [0.717, 1.165) is 0 Å². The number of carbonyl (C=O) groups is 1. The number of benzene rings is 2. The lowest BCUT2D eigenvalue weighted by Crippen LogP contribution is -2.30. The van der Waals surface area contributed by atoms with Gasteiger partial charge in [-0.05, 0) is 42.5 Å². The Bertz CT molecular complexity index is 930. The molecule has 0 radical (unpaired) electrons. The van der Waals surface area contributed by atoms with Gasteiger partial charge in [-0.2, -0.15) is 9.57 Å². The molecule has 0 spiro atoms. The summed E-state index contributed by atoms with van der Waals surface area (Å²) in [6.07, 6.45) is 0. The summed E-state index contributed by atoms with van der Waals surface area (Å²) < 4.78 is 26.3. The summed E-state index contributed by atoms with van der Waals surface area (Å²) in [4.78, 5) is 12.2. The van der Waals surface area contributed by atoms with Gasteiger partial charge in [0.2, 0.25) is 15.9 Å². The molecule has 0 saturated heterocycles. The van der Waals surface area contributed by atoms with Crippen molar-refractivity contribution in [2.45, 2.75) is 18.7 Å². The molecule has 2 N–H and O–H groups in total. The van der Waals surface area contributed by atoms with Crippen molar-refractivity contribution >= 4 is 27.3 Å². The topological polar surface area (TPSA) is 102 Å². The highest BCUT2D eigenvalue weighted by Crippen LogP contribution is 2.18. The molecule has 0 heterocycles. The van der Waals surface area contributed by atoms with Crippen LogP contribution < -0.4 is 10.6 Å². The fourth-order valence-corrected chi connectivity index (χ4v) is 3.97. The van der Waals surface area contributed by atoms with Gasteiger partial charge in [-0.15, -0.1) is 0 Å². The van der Waals surface area contributed by atoms with Crippen molar-refractivity contribution in [2.24, 2.45) is 0 Å². The molecule has 142 valence electrons. The summed E-state index contributed by atoms with van der Waals surface area (Å²) in [6, 6.07) is 14.9. The Morgan fingerprint density at radius 1 is 1.07 bits per heavy atom. The molecule has 0 unspecified atom stereocenters. The maximum absolute atomic E-state index is 12.4. The van der Waals surface area contributed by atoms with E-state index >= 15 is 0 Å². The average molecular weight is 386 g/mol. The van der Waals surface area contributed by atoms with Crippen LogP contribution in [0.2, 0.25) is 0 Å². The minimum absolute atomic E-state index is 0.0128. The first-order chi connectivity index (χ1) is 12.9. The van der Waals surface area contributed by atoms with Crippen molar-refractivity contribution in [3.8, 4) is 6.07 Å². The minimum atomic E-state index is -3.50. The molecule has 27 heavy (non-hydrogen) atoms. The molecule has 2 aromatic rings. The zero-order valence-electron chi connectivity index (χ0n) is 15.3. The molecule has 0 aromatic heterocycles. The smallest absolute Gasteiger partial charge is 0.243 e. The number of amides is 1. The fraction of sp³-hybridized carbons (Fsp3) is 0.263. The van der Waals surface area contributed by atoms with Crippen LogP contribution in [0.25, 0.3) is 0 Å². The molecule has 0 fully saturated rings. The Labute approximate surface area is 159 Å². The van der Waals surface area contributed by atoms with Crippen LogP contribution in [0.4, 0.5) is 11.4 Å². The molecule has 2 aromatic carbocycles. The highest BCUT2D eigenvalue weighted by molar-refractivity contribution is 7.89. The summed E-state index contributed by atoms with van der Waals surface area (Å²) in [6.45, 7) is 4.42. The van der Waals surface area contributed by atoms with Crippen LogP contribution in [0, 0.1) is 11.3 Å². The lowest BCUT2D eigenvalue weighted by molar-refractivity contribution is -0.114. The van der Waals surface area contributed by atoms with E-state index in [1.54, 1.807) is 50.2 Å². The predicted molar refractivity (Wildman–Crippen MR) is 105 cm³/mol. The maximum Gasteiger partial charge on any atom is 0.243 e. The van der Waals surface area contributed by atoms with Gasteiger partial charge in [-0.1, -0.05) is 19.9 Å². The number of rotatable bonds is 8. The van der Waals surface area contributed by atoms with Gasteiger partial charge in [0.25, 0.3) is 0 Å². The van der Waals surface area contributed by atoms with E-state index in [9.17, 15) is 13.2 Å². The number of anilines is 2. The molecule has 8 heteroatoms. The third-order valence-corrected chi connectivity index (χ3v) is 5.99. The zero-order valence-corrected chi connectivity index (χ0v) is 16.1. The first-order valence-corrected chi connectivity index (χ1v) is 9.98. The molecule has 0 aliphatic carbocycles. The van der Waals surface area contributed by atoms with Gasteiger partial charge in [0, 0.05) is 24.5 Å². The van der Waals surface area contributed by atoms with E-state index in [1.807, 2.05) is 6.07 Å². The minimum Gasteiger partial charge on any atom is -0.376 e. The third-order valence-electron chi connectivity index (χ3n) is 3.93. The highest BCUT2D eigenvalue weighted by Gasteiger charge is 2.21. The summed E-state index contributed by atoms with van der Waals surface area (Å²) >= 11 is 0. The van der Waals surface area contributed by atoms with Crippen molar-refractivity contribution in [1.82, 2.24) is 4.31 Å². The van der Waals surface area contributed by atoms with Crippen LogP contribution in [-0.2, 0) is 14.8 Å². The second kappa shape index (κ2) is 9.16. The monoisotopic (exact) mass is 386 g/mol. The molecule has 0 atom stereocenters. The van der Waals surface area contributed by atoms with E-state index in [2.05, 4.69) is 10.6 Å². The van der Waals surface area contributed by atoms with E-state index in [1.165, 1.54) is 16.4 Å². The number of nitrogens with zero attached hydrogens (tertiary/aromatic N) is 2. The highest BCUT2D eigenvalue weighted by atomic mass is 32.2. The molecular formula is C19H22N4O3S. The first-order valence-electron chi connectivity index (χ1n) is 8.54. The quantitative estimate of drug-likeness (QED) is 0.726. The summed E-state index contributed by atoms with van der Waals surface area (Å²) in [5.74, 6) is -0.273. The van der Waals surface area contributed by atoms with Gasteiger partial charge in [0.1, 0.15) is 0 Å². The summed E-state index contributed by atoms with van der Waals surface area (Å²) in [5.41, 5.74) is 1.64. The number of nitriles is 1. The van der Waals surface area contributed by atoms with Crippen LogP contribution in [0.1, 0.15) is 19.4 Å². The molecule has 0 aliphatic heterocycles. The molecule has 7 nitrogen and oxygen atoms in total. The van der Waals surface area contributed by atoms with Gasteiger partial charge < -0.3 is 10.6 Å². The Morgan fingerprint density at radius 2 is 1.74 bits per heavy atom. The zero-order chi connectivity index (χ0) is 19.9. The average Bonchev–Trinajstić information content (AvgIpc) is 2.67. The molecule has 0 saturated carbocycles. The second-order valence-corrected chi connectivity index (χ2v) is 7.65. The van der Waals surface area contributed by atoms with E-state index < -0.39 is 10.0 Å². The van der Waals surface area contributed by atoms with Crippen LogP contribution in [0.15, 0.2) is 53.4 Å². The van der Waals surface area contributed by atoms with E-state index in [0.29, 0.717) is 30.0 Å². The maximum atomic E-state index is 12.4. The lowest BCUT2D eigenvalue weighted by atomic mass is 10.2.